The minimum atomic E-state index is -0.129. The molecule has 2 aliphatic rings. The number of guanidine groups is 1. The van der Waals surface area contributed by atoms with Crippen LogP contribution in [0.2, 0.25) is 0 Å². The third-order valence-electron chi connectivity index (χ3n) is 5.74. The van der Waals surface area contributed by atoms with E-state index in [-0.39, 0.29) is 11.2 Å². The number of benzene rings is 1. The van der Waals surface area contributed by atoms with E-state index in [4.69, 9.17) is 4.74 Å². The Morgan fingerprint density at radius 2 is 1.97 bits per heavy atom. The largest absolute Gasteiger partial charge is 0.378 e. The molecule has 6 nitrogen and oxygen atoms in total. The number of hydrogen-bond acceptors (Lipinski definition) is 4. The van der Waals surface area contributed by atoms with E-state index in [1.54, 1.807) is 13.1 Å². The van der Waals surface area contributed by atoms with Crippen molar-refractivity contribution >= 4 is 11.8 Å². The minimum absolute atomic E-state index is 0.125. The highest BCUT2D eigenvalue weighted by atomic mass is 19.1. The van der Waals surface area contributed by atoms with E-state index in [1.165, 1.54) is 6.07 Å². The van der Waals surface area contributed by atoms with Gasteiger partial charge in [0.05, 0.1) is 13.2 Å². The normalized spacial score (nSPS) is 18.4. The van der Waals surface area contributed by atoms with E-state index < -0.39 is 0 Å². The molecule has 0 amide bonds. The molecule has 2 fully saturated rings. The Kier molecular flexibility index (Phi) is 5.94. The maximum absolute atomic E-state index is 14.2. The summed E-state index contributed by atoms with van der Waals surface area (Å²) in [5.74, 6) is 1.58. The summed E-state index contributed by atoms with van der Waals surface area (Å²) in [6.07, 6.45) is 3.80. The molecule has 7 heteroatoms. The van der Waals surface area contributed by atoms with E-state index in [9.17, 15) is 4.39 Å². The number of nitrogens with zero attached hydrogens (tertiary/aromatic N) is 3. The predicted octanol–water partition coefficient (Wildman–Crippen LogP) is 2.45. The summed E-state index contributed by atoms with van der Waals surface area (Å²) in [7, 11) is 1.75. The van der Waals surface area contributed by atoms with Gasteiger partial charge in [0, 0.05) is 50.4 Å². The molecule has 0 unspecified atom stereocenters. The second-order valence-corrected chi connectivity index (χ2v) is 7.63. The maximum atomic E-state index is 14.2. The van der Waals surface area contributed by atoms with Crippen molar-refractivity contribution < 1.29 is 9.13 Å². The molecule has 1 aliphatic heterocycles. The Labute approximate surface area is 171 Å². The van der Waals surface area contributed by atoms with Crippen LogP contribution >= 0.6 is 0 Å². The highest BCUT2D eigenvalue weighted by Crippen LogP contribution is 2.48. The summed E-state index contributed by atoms with van der Waals surface area (Å²) >= 11 is 0. The first-order valence-electron chi connectivity index (χ1n) is 10.2. The van der Waals surface area contributed by atoms with Gasteiger partial charge in [-0.2, -0.15) is 0 Å². The number of halogens is 1. The number of hydrogen-bond donors (Lipinski definition) is 2. The predicted molar refractivity (Wildman–Crippen MR) is 113 cm³/mol. The molecule has 1 aromatic carbocycles. The number of ether oxygens (including phenoxy) is 1. The molecule has 1 aliphatic carbocycles. The molecule has 2 heterocycles. The van der Waals surface area contributed by atoms with Gasteiger partial charge in [-0.1, -0.05) is 24.3 Å². The van der Waals surface area contributed by atoms with Crippen molar-refractivity contribution in [2.24, 2.45) is 4.99 Å². The van der Waals surface area contributed by atoms with Crippen LogP contribution in [-0.2, 0) is 16.7 Å². The fourth-order valence-corrected chi connectivity index (χ4v) is 3.86. The van der Waals surface area contributed by atoms with Gasteiger partial charge in [-0.25, -0.2) is 9.37 Å². The Balaban J connectivity index is 1.37. The summed E-state index contributed by atoms with van der Waals surface area (Å²) in [5.41, 5.74) is 1.79. The number of morpholine rings is 1. The third kappa shape index (κ3) is 4.50. The Morgan fingerprint density at radius 1 is 1.17 bits per heavy atom. The van der Waals surface area contributed by atoms with Crippen LogP contribution in [0, 0.1) is 5.82 Å². The summed E-state index contributed by atoms with van der Waals surface area (Å²) in [4.78, 5) is 11.2. The van der Waals surface area contributed by atoms with E-state index in [0.29, 0.717) is 19.0 Å². The first-order valence-corrected chi connectivity index (χ1v) is 10.2. The van der Waals surface area contributed by atoms with Crippen LogP contribution < -0.4 is 15.5 Å². The lowest BCUT2D eigenvalue weighted by Crippen LogP contribution is -2.42. The number of nitrogens with one attached hydrogen (secondary N) is 2. The van der Waals surface area contributed by atoms with Crippen molar-refractivity contribution in [2.75, 3.05) is 44.8 Å². The SMILES string of the molecule is CN=C(NCc1cccnc1N1CCOCC1)NCC1(c2ccccc2F)CC1. The smallest absolute Gasteiger partial charge is 0.191 e. The Morgan fingerprint density at radius 3 is 2.69 bits per heavy atom. The molecule has 1 saturated heterocycles. The lowest BCUT2D eigenvalue weighted by molar-refractivity contribution is 0.122. The summed E-state index contributed by atoms with van der Waals surface area (Å²) in [6, 6.07) is 11.1. The van der Waals surface area contributed by atoms with E-state index in [1.807, 2.05) is 24.4 Å². The quantitative estimate of drug-likeness (QED) is 0.579. The van der Waals surface area contributed by atoms with Crippen LogP contribution in [0.25, 0.3) is 0 Å². The zero-order valence-corrected chi connectivity index (χ0v) is 16.8. The van der Waals surface area contributed by atoms with Crippen molar-refractivity contribution in [3.8, 4) is 0 Å². The van der Waals surface area contributed by atoms with Crippen molar-refractivity contribution in [3.05, 3.63) is 59.5 Å². The first-order chi connectivity index (χ1) is 14.2. The monoisotopic (exact) mass is 397 g/mol. The van der Waals surface area contributed by atoms with Gasteiger partial charge < -0.3 is 20.3 Å². The number of aromatic nitrogens is 1. The third-order valence-corrected chi connectivity index (χ3v) is 5.74. The lowest BCUT2D eigenvalue weighted by Gasteiger charge is -2.29. The fraction of sp³-hybridized carbons (Fsp3) is 0.455. The topological polar surface area (TPSA) is 61.8 Å². The molecule has 1 saturated carbocycles. The molecule has 2 aromatic rings. The molecule has 0 radical (unpaired) electrons. The van der Waals surface area contributed by atoms with Gasteiger partial charge >= 0.3 is 0 Å². The molecule has 154 valence electrons. The molecule has 4 rings (SSSR count). The fourth-order valence-electron chi connectivity index (χ4n) is 3.86. The highest BCUT2D eigenvalue weighted by Gasteiger charge is 2.45. The average molecular weight is 397 g/mol. The van der Waals surface area contributed by atoms with Crippen molar-refractivity contribution in [1.82, 2.24) is 15.6 Å². The minimum Gasteiger partial charge on any atom is -0.378 e. The van der Waals surface area contributed by atoms with Crippen molar-refractivity contribution in [1.29, 1.82) is 0 Å². The average Bonchev–Trinajstić information content (AvgIpc) is 3.56. The van der Waals surface area contributed by atoms with Gasteiger partial charge in [0.15, 0.2) is 5.96 Å². The first kappa shape index (κ1) is 19.6. The van der Waals surface area contributed by atoms with Crippen LogP contribution in [0.3, 0.4) is 0 Å². The van der Waals surface area contributed by atoms with E-state index >= 15 is 0 Å². The van der Waals surface area contributed by atoms with Crippen LogP contribution in [0.1, 0.15) is 24.0 Å². The number of pyridine rings is 1. The number of rotatable bonds is 6. The second-order valence-electron chi connectivity index (χ2n) is 7.63. The van der Waals surface area contributed by atoms with Gasteiger partial charge in [-0.15, -0.1) is 0 Å². The van der Waals surface area contributed by atoms with Crippen molar-refractivity contribution in [3.63, 3.8) is 0 Å². The van der Waals surface area contributed by atoms with E-state index in [0.717, 1.165) is 56.1 Å². The highest BCUT2D eigenvalue weighted by molar-refractivity contribution is 5.80. The van der Waals surface area contributed by atoms with Gasteiger partial charge in [-0.05, 0) is 30.5 Å². The molecule has 29 heavy (non-hydrogen) atoms. The molecule has 0 spiro atoms. The van der Waals surface area contributed by atoms with Crippen LogP contribution in [-0.4, -0.2) is 50.8 Å². The molecular formula is C22H28FN5O. The standard InChI is InChI=1S/C22H28FN5O/c1-24-21(27-16-22(8-9-22)18-6-2-3-7-19(18)23)26-15-17-5-4-10-25-20(17)28-11-13-29-14-12-28/h2-7,10H,8-9,11-16H2,1H3,(H2,24,26,27). The summed E-state index contributed by atoms with van der Waals surface area (Å²) < 4.78 is 19.7. The van der Waals surface area contributed by atoms with Crippen molar-refractivity contribution in [2.45, 2.75) is 24.8 Å². The second kappa shape index (κ2) is 8.78. The molecule has 0 atom stereocenters. The zero-order chi connectivity index (χ0) is 20.1. The molecular weight excluding hydrogens is 369 g/mol. The summed E-state index contributed by atoms with van der Waals surface area (Å²) in [5, 5.41) is 6.76. The molecule has 0 bridgehead atoms. The lowest BCUT2D eigenvalue weighted by atomic mass is 9.95. The Hall–Kier alpha value is -2.67. The van der Waals surface area contributed by atoms with E-state index in [2.05, 4.69) is 31.6 Å². The molecule has 2 N–H and O–H groups in total. The van der Waals surface area contributed by atoms with Gasteiger partial charge in [0.1, 0.15) is 11.6 Å². The number of aliphatic imine (C=N–C) groups is 1. The van der Waals surface area contributed by atoms with Gasteiger partial charge in [-0.3, -0.25) is 4.99 Å². The molecule has 1 aromatic heterocycles. The van der Waals surface area contributed by atoms with Crippen LogP contribution in [0.4, 0.5) is 10.2 Å². The van der Waals surface area contributed by atoms with Crippen LogP contribution in [0.15, 0.2) is 47.6 Å². The Bertz CT molecular complexity index is 862. The summed E-state index contributed by atoms with van der Waals surface area (Å²) in [6.45, 7) is 4.43. The van der Waals surface area contributed by atoms with Crippen LogP contribution in [0.5, 0.6) is 0 Å². The van der Waals surface area contributed by atoms with Gasteiger partial charge in [0.2, 0.25) is 0 Å². The number of anilines is 1. The van der Waals surface area contributed by atoms with Gasteiger partial charge in [0.25, 0.3) is 0 Å². The zero-order valence-electron chi connectivity index (χ0n) is 16.8. The maximum Gasteiger partial charge on any atom is 0.191 e.